The molecule has 1 atom stereocenters. The second-order valence-electron chi connectivity index (χ2n) is 5.59. The number of aromatic hydroxyl groups is 2. The standard InChI is InChI=1S/C20H23NO5/c1-25-11-12-26-19(16-5-3-2-4-6-16)14-21-20(24)10-8-15-7-9-17(22)18(23)13-15/h2-10,13,19,22-23H,11-12,14H2,1H3,(H,21,24)/b10-8+. The van der Waals surface area contributed by atoms with Crippen molar-refractivity contribution in [3.63, 3.8) is 0 Å². The normalized spacial score (nSPS) is 12.2. The number of carbonyl (C=O) groups is 1. The highest BCUT2D eigenvalue weighted by Crippen LogP contribution is 2.25. The molecule has 0 saturated heterocycles. The van der Waals surface area contributed by atoms with Crippen LogP contribution in [0, 0.1) is 0 Å². The van der Waals surface area contributed by atoms with Gasteiger partial charge in [-0.2, -0.15) is 0 Å². The molecule has 26 heavy (non-hydrogen) atoms. The van der Waals surface area contributed by atoms with Crippen molar-refractivity contribution in [3.05, 3.63) is 65.7 Å². The van der Waals surface area contributed by atoms with E-state index in [2.05, 4.69) is 5.32 Å². The summed E-state index contributed by atoms with van der Waals surface area (Å²) >= 11 is 0. The maximum atomic E-state index is 12.0. The van der Waals surface area contributed by atoms with Crippen molar-refractivity contribution < 1.29 is 24.5 Å². The maximum Gasteiger partial charge on any atom is 0.244 e. The van der Waals surface area contributed by atoms with Crippen LogP contribution in [0.25, 0.3) is 6.08 Å². The second kappa shape index (κ2) is 10.2. The number of rotatable bonds is 9. The number of hydrogen-bond donors (Lipinski definition) is 3. The Balaban J connectivity index is 1.92. The Morgan fingerprint density at radius 1 is 1.12 bits per heavy atom. The van der Waals surface area contributed by atoms with Crippen molar-refractivity contribution >= 4 is 12.0 Å². The minimum absolute atomic E-state index is 0.203. The zero-order valence-electron chi connectivity index (χ0n) is 14.6. The van der Waals surface area contributed by atoms with E-state index in [1.807, 2.05) is 30.3 Å². The average Bonchev–Trinajstić information content (AvgIpc) is 2.66. The monoisotopic (exact) mass is 357 g/mol. The lowest BCUT2D eigenvalue weighted by atomic mass is 10.1. The first-order chi connectivity index (χ1) is 12.6. The van der Waals surface area contributed by atoms with Gasteiger partial charge in [-0.25, -0.2) is 0 Å². The van der Waals surface area contributed by atoms with Crippen molar-refractivity contribution in [1.29, 1.82) is 0 Å². The molecule has 0 aliphatic carbocycles. The lowest BCUT2D eigenvalue weighted by molar-refractivity contribution is -0.117. The van der Waals surface area contributed by atoms with Gasteiger partial charge in [-0.05, 0) is 29.3 Å². The molecule has 0 heterocycles. The van der Waals surface area contributed by atoms with Gasteiger partial charge in [-0.15, -0.1) is 0 Å². The van der Waals surface area contributed by atoms with E-state index in [0.717, 1.165) is 5.56 Å². The summed E-state index contributed by atoms with van der Waals surface area (Å²) in [7, 11) is 1.61. The number of phenolic OH excluding ortho intramolecular Hbond substituents is 2. The molecule has 1 amide bonds. The van der Waals surface area contributed by atoms with E-state index in [0.29, 0.717) is 25.3 Å². The molecule has 2 rings (SSSR count). The second-order valence-corrected chi connectivity index (χ2v) is 5.59. The fraction of sp³-hybridized carbons (Fsp3) is 0.250. The van der Waals surface area contributed by atoms with Gasteiger partial charge < -0.3 is 25.0 Å². The number of amides is 1. The Hall–Kier alpha value is -2.83. The van der Waals surface area contributed by atoms with Crippen LogP contribution in [0.15, 0.2) is 54.6 Å². The molecule has 0 spiro atoms. The number of hydrogen-bond acceptors (Lipinski definition) is 5. The SMILES string of the molecule is COCCOC(CNC(=O)/C=C/c1ccc(O)c(O)c1)c1ccccc1. The Morgan fingerprint density at radius 3 is 2.58 bits per heavy atom. The topological polar surface area (TPSA) is 88.0 Å². The molecule has 0 aliphatic rings. The number of carbonyl (C=O) groups excluding carboxylic acids is 1. The number of nitrogens with one attached hydrogen (secondary N) is 1. The third kappa shape index (κ3) is 6.23. The lowest BCUT2D eigenvalue weighted by Gasteiger charge is -2.18. The van der Waals surface area contributed by atoms with E-state index in [1.165, 1.54) is 18.2 Å². The smallest absolute Gasteiger partial charge is 0.244 e. The van der Waals surface area contributed by atoms with Crippen LogP contribution in [0.3, 0.4) is 0 Å². The molecule has 1 unspecified atom stereocenters. The quantitative estimate of drug-likeness (QED) is 0.365. The van der Waals surface area contributed by atoms with Crippen LogP contribution in [-0.2, 0) is 14.3 Å². The van der Waals surface area contributed by atoms with Crippen molar-refractivity contribution in [2.75, 3.05) is 26.9 Å². The van der Waals surface area contributed by atoms with Gasteiger partial charge in [0, 0.05) is 19.7 Å². The van der Waals surface area contributed by atoms with Crippen LogP contribution in [0.4, 0.5) is 0 Å². The van der Waals surface area contributed by atoms with Crippen LogP contribution in [-0.4, -0.2) is 43.0 Å². The third-order valence-corrected chi connectivity index (χ3v) is 3.67. The zero-order valence-corrected chi connectivity index (χ0v) is 14.6. The summed E-state index contributed by atoms with van der Waals surface area (Å²) in [4.78, 5) is 12.0. The summed E-state index contributed by atoms with van der Waals surface area (Å²) in [5.41, 5.74) is 1.57. The van der Waals surface area contributed by atoms with Crippen molar-refractivity contribution in [3.8, 4) is 11.5 Å². The minimum atomic E-state index is -0.283. The summed E-state index contributed by atoms with van der Waals surface area (Å²) in [6.07, 6.45) is 2.64. The molecule has 0 bridgehead atoms. The molecule has 3 N–H and O–H groups in total. The molecule has 6 heteroatoms. The highest BCUT2D eigenvalue weighted by atomic mass is 16.5. The lowest BCUT2D eigenvalue weighted by Crippen LogP contribution is -2.28. The van der Waals surface area contributed by atoms with Crippen molar-refractivity contribution in [2.24, 2.45) is 0 Å². The molecule has 2 aromatic rings. The van der Waals surface area contributed by atoms with Crippen molar-refractivity contribution in [2.45, 2.75) is 6.10 Å². The van der Waals surface area contributed by atoms with Gasteiger partial charge in [0.15, 0.2) is 11.5 Å². The van der Waals surface area contributed by atoms with E-state index < -0.39 is 0 Å². The number of benzene rings is 2. The molecular formula is C20H23NO5. The van der Waals surface area contributed by atoms with E-state index in [-0.39, 0.29) is 23.5 Å². The summed E-state index contributed by atoms with van der Waals surface area (Å²) in [6, 6.07) is 14.0. The molecule has 6 nitrogen and oxygen atoms in total. The first-order valence-corrected chi connectivity index (χ1v) is 8.23. The van der Waals surface area contributed by atoms with Gasteiger partial charge in [-0.3, -0.25) is 4.79 Å². The Bertz CT molecular complexity index is 730. The fourth-order valence-electron chi connectivity index (χ4n) is 2.28. The van der Waals surface area contributed by atoms with E-state index in [1.54, 1.807) is 19.3 Å². The minimum Gasteiger partial charge on any atom is -0.504 e. The molecule has 0 aliphatic heterocycles. The summed E-state index contributed by atoms with van der Waals surface area (Å²) in [6.45, 7) is 1.22. The molecule has 2 aromatic carbocycles. The van der Waals surface area contributed by atoms with Crippen LogP contribution in [0.2, 0.25) is 0 Å². The molecule has 0 saturated carbocycles. The van der Waals surface area contributed by atoms with Crippen LogP contribution < -0.4 is 5.32 Å². The largest absolute Gasteiger partial charge is 0.504 e. The molecule has 0 aromatic heterocycles. The summed E-state index contributed by atoms with van der Waals surface area (Å²) in [5, 5.41) is 21.5. The van der Waals surface area contributed by atoms with E-state index in [9.17, 15) is 15.0 Å². The van der Waals surface area contributed by atoms with E-state index >= 15 is 0 Å². The molecular weight excluding hydrogens is 334 g/mol. The zero-order chi connectivity index (χ0) is 18.8. The Kier molecular flexibility index (Phi) is 7.67. The number of phenols is 2. The van der Waals surface area contributed by atoms with Gasteiger partial charge in [0.05, 0.1) is 19.3 Å². The maximum absolute atomic E-state index is 12.0. The Labute approximate surface area is 152 Å². The highest BCUT2D eigenvalue weighted by Gasteiger charge is 2.12. The van der Waals surface area contributed by atoms with Crippen LogP contribution in [0.5, 0.6) is 11.5 Å². The summed E-state index contributed by atoms with van der Waals surface area (Å²) < 4.78 is 10.8. The molecule has 0 fully saturated rings. The summed E-state index contributed by atoms with van der Waals surface area (Å²) in [5.74, 6) is -0.720. The Morgan fingerprint density at radius 2 is 1.88 bits per heavy atom. The predicted octanol–water partition coefficient (Wildman–Crippen LogP) is 2.63. The average molecular weight is 357 g/mol. The molecule has 0 radical (unpaired) electrons. The van der Waals surface area contributed by atoms with Gasteiger partial charge >= 0.3 is 0 Å². The van der Waals surface area contributed by atoms with Crippen LogP contribution in [0.1, 0.15) is 17.2 Å². The fourth-order valence-corrected chi connectivity index (χ4v) is 2.28. The van der Waals surface area contributed by atoms with Crippen LogP contribution >= 0.6 is 0 Å². The van der Waals surface area contributed by atoms with E-state index in [4.69, 9.17) is 9.47 Å². The van der Waals surface area contributed by atoms with Gasteiger partial charge in [-0.1, -0.05) is 36.4 Å². The number of ether oxygens (including phenoxy) is 2. The third-order valence-electron chi connectivity index (χ3n) is 3.67. The first kappa shape index (κ1) is 19.5. The first-order valence-electron chi connectivity index (χ1n) is 8.23. The highest BCUT2D eigenvalue weighted by molar-refractivity contribution is 5.91. The molecule has 138 valence electrons. The van der Waals surface area contributed by atoms with Gasteiger partial charge in [0.1, 0.15) is 0 Å². The predicted molar refractivity (Wildman–Crippen MR) is 98.8 cm³/mol. The van der Waals surface area contributed by atoms with Gasteiger partial charge in [0.25, 0.3) is 0 Å². The number of methoxy groups -OCH3 is 1. The van der Waals surface area contributed by atoms with Gasteiger partial charge in [0.2, 0.25) is 5.91 Å². The van der Waals surface area contributed by atoms with Crippen molar-refractivity contribution in [1.82, 2.24) is 5.32 Å².